The molecule has 3 heterocycles. The van der Waals surface area contributed by atoms with Crippen LogP contribution in [0.4, 0.5) is 5.82 Å². The summed E-state index contributed by atoms with van der Waals surface area (Å²) in [6, 6.07) is 9.56. The number of fused-ring (bicyclic) bond motifs is 1. The fourth-order valence-corrected chi connectivity index (χ4v) is 5.01. The van der Waals surface area contributed by atoms with Crippen molar-refractivity contribution >= 4 is 22.8 Å². The Morgan fingerprint density at radius 3 is 2.47 bits per heavy atom. The van der Waals surface area contributed by atoms with Crippen LogP contribution in [0.2, 0.25) is 0 Å². The van der Waals surface area contributed by atoms with Crippen molar-refractivity contribution in [1.29, 1.82) is 0 Å². The van der Waals surface area contributed by atoms with Gasteiger partial charge in [0.1, 0.15) is 23.0 Å². The summed E-state index contributed by atoms with van der Waals surface area (Å²) in [5.74, 6) is 2.63. The van der Waals surface area contributed by atoms with E-state index in [1.54, 1.807) is 14.2 Å². The molecule has 1 aromatic carbocycles. The molecule has 2 unspecified atom stereocenters. The van der Waals surface area contributed by atoms with E-state index in [0.29, 0.717) is 17.4 Å². The van der Waals surface area contributed by atoms with Gasteiger partial charge in [0.05, 0.1) is 19.8 Å². The lowest BCUT2D eigenvalue weighted by Gasteiger charge is -2.34. The van der Waals surface area contributed by atoms with Crippen molar-refractivity contribution in [3.8, 4) is 22.6 Å². The number of methoxy groups -OCH3 is 2. The van der Waals surface area contributed by atoms with Crippen LogP contribution < -0.4 is 14.8 Å². The van der Waals surface area contributed by atoms with Gasteiger partial charge < -0.3 is 29.6 Å². The highest BCUT2D eigenvalue weighted by molar-refractivity contribution is 5.99. The van der Waals surface area contributed by atoms with Gasteiger partial charge in [-0.1, -0.05) is 13.0 Å². The molecule has 1 amide bonds. The van der Waals surface area contributed by atoms with E-state index in [0.717, 1.165) is 73.7 Å². The molecule has 1 aliphatic heterocycles. The predicted octanol–water partition coefficient (Wildman–Crippen LogP) is 3.46. The highest BCUT2D eigenvalue weighted by Crippen LogP contribution is 2.42. The number of anilines is 1. The van der Waals surface area contributed by atoms with Gasteiger partial charge in [-0.25, -0.2) is 4.98 Å². The van der Waals surface area contributed by atoms with Gasteiger partial charge in [-0.15, -0.1) is 0 Å². The molecular formula is C26H33N5O3. The molecule has 0 radical (unpaired) electrons. The van der Waals surface area contributed by atoms with Crippen molar-refractivity contribution in [2.45, 2.75) is 13.3 Å². The molecule has 0 spiro atoms. The van der Waals surface area contributed by atoms with Gasteiger partial charge in [0.25, 0.3) is 0 Å². The highest BCUT2D eigenvalue weighted by Gasteiger charge is 2.44. The second-order valence-electron chi connectivity index (χ2n) is 9.16. The number of likely N-dealkylation sites (N-methyl/N-ethyl adjacent to an activating group) is 1. The summed E-state index contributed by atoms with van der Waals surface area (Å²) in [5.41, 5.74) is 2.53. The van der Waals surface area contributed by atoms with E-state index in [9.17, 15) is 4.79 Å². The maximum absolute atomic E-state index is 12.8. The minimum absolute atomic E-state index is 0.0715. The van der Waals surface area contributed by atoms with E-state index in [1.165, 1.54) is 0 Å². The monoisotopic (exact) mass is 463 g/mol. The van der Waals surface area contributed by atoms with Crippen LogP contribution >= 0.6 is 0 Å². The average molecular weight is 464 g/mol. The number of aromatic amines is 1. The topological polar surface area (TPSA) is 82.7 Å². The first-order valence-electron chi connectivity index (χ1n) is 12.1. The Morgan fingerprint density at radius 1 is 1.09 bits per heavy atom. The van der Waals surface area contributed by atoms with Gasteiger partial charge >= 0.3 is 0 Å². The van der Waals surface area contributed by atoms with Crippen LogP contribution in [-0.2, 0) is 4.79 Å². The van der Waals surface area contributed by atoms with Crippen molar-refractivity contribution in [3.05, 3.63) is 36.5 Å². The zero-order valence-electron chi connectivity index (χ0n) is 20.1. The van der Waals surface area contributed by atoms with E-state index >= 15 is 0 Å². The second kappa shape index (κ2) is 9.64. The van der Waals surface area contributed by atoms with Gasteiger partial charge in [-0.3, -0.25) is 4.79 Å². The Balaban J connectivity index is 1.25. The summed E-state index contributed by atoms with van der Waals surface area (Å²) in [6.07, 6.45) is 2.86. The van der Waals surface area contributed by atoms with E-state index in [1.807, 2.05) is 36.5 Å². The molecule has 1 saturated carbocycles. The van der Waals surface area contributed by atoms with Crippen LogP contribution in [0.15, 0.2) is 36.5 Å². The molecule has 2 fully saturated rings. The molecule has 8 nitrogen and oxygen atoms in total. The molecule has 3 aromatic rings. The summed E-state index contributed by atoms with van der Waals surface area (Å²) < 4.78 is 11.1. The third-order valence-electron chi connectivity index (χ3n) is 7.15. The van der Waals surface area contributed by atoms with Gasteiger partial charge in [0.15, 0.2) is 0 Å². The Hall–Kier alpha value is -3.10. The molecule has 1 aliphatic carbocycles. The number of hydrogen-bond donors (Lipinski definition) is 2. The lowest BCUT2D eigenvalue weighted by atomic mass is 10.0. The lowest BCUT2D eigenvalue weighted by molar-refractivity contribution is -0.117. The number of nitrogens with one attached hydrogen (secondary N) is 2. The Kier molecular flexibility index (Phi) is 6.43. The third kappa shape index (κ3) is 4.48. The standard InChI is InChI=1S/C26H33N5O3/c1-4-30-10-12-31(13-11-30)16-17-14-19(17)26(32)29-23-9-8-18-20(15-27-25(18)28-23)24-21(33-2)6-5-7-22(24)34-3/h5-9,15,17,19H,4,10-14,16H2,1-3H3,(H2,27,28,29,32). The smallest absolute Gasteiger partial charge is 0.228 e. The maximum atomic E-state index is 12.8. The molecule has 34 heavy (non-hydrogen) atoms. The van der Waals surface area contributed by atoms with Gasteiger partial charge in [-0.2, -0.15) is 0 Å². The zero-order valence-corrected chi connectivity index (χ0v) is 20.1. The number of carbonyl (C=O) groups excluding carboxylic acids is 1. The van der Waals surface area contributed by atoms with Crippen LogP contribution in [0.25, 0.3) is 22.2 Å². The van der Waals surface area contributed by atoms with Crippen molar-refractivity contribution in [2.75, 3.05) is 58.8 Å². The number of H-pyrrole nitrogens is 1. The second-order valence-corrected chi connectivity index (χ2v) is 9.16. The average Bonchev–Trinajstić information content (AvgIpc) is 3.52. The minimum Gasteiger partial charge on any atom is -0.496 e. The SMILES string of the molecule is CCN1CCN(CC2CC2C(=O)Nc2ccc3c(-c4c(OC)cccc4OC)c[nH]c3n2)CC1. The highest BCUT2D eigenvalue weighted by atomic mass is 16.5. The number of pyridine rings is 1. The van der Waals surface area contributed by atoms with Crippen LogP contribution in [0.1, 0.15) is 13.3 Å². The summed E-state index contributed by atoms with van der Waals surface area (Å²) in [4.78, 5) is 25.7. The Morgan fingerprint density at radius 2 is 1.79 bits per heavy atom. The third-order valence-corrected chi connectivity index (χ3v) is 7.15. The summed E-state index contributed by atoms with van der Waals surface area (Å²) in [7, 11) is 3.30. The van der Waals surface area contributed by atoms with Crippen molar-refractivity contribution < 1.29 is 14.3 Å². The largest absolute Gasteiger partial charge is 0.496 e. The predicted molar refractivity (Wildman–Crippen MR) is 133 cm³/mol. The van der Waals surface area contributed by atoms with Crippen LogP contribution in [0.5, 0.6) is 11.5 Å². The van der Waals surface area contributed by atoms with Gasteiger partial charge in [0.2, 0.25) is 5.91 Å². The van der Waals surface area contributed by atoms with Crippen LogP contribution in [-0.4, -0.2) is 79.2 Å². The first-order valence-corrected chi connectivity index (χ1v) is 12.1. The number of rotatable bonds is 8. The normalized spacial score (nSPS) is 20.9. The van der Waals surface area contributed by atoms with Gasteiger partial charge in [-0.05, 0) is 43.1 Å². The number of nitrogens with zero attached hydrogens (tertiary/aromatic N) is 3. The van der Waals surface area contributed by atoms with E-state index in [-0.39, 0.29) is 11.8 Å². The van der Waals surface area contributed by atoms with Crippen molar-refractivity contribution in [1.82, 2.24) is 19.8 Å². The molecule has 5 rings (SSSR count). The fourth-order valence-electron chi connectivity index (χ4n) is 5.01. The minimum atomic E-state index is 0.0715. The maximum Gasteiger partial charge on any atom is 0.228 e. The van der Waals surface area contributed by atoms with E-state index < -0.39 is 0 Å². The molecule has 0 bridgehead atoms. The zero-order chi connectivity index (χ0) is 23.7. The number of carbonyl (C=O) groups is 1. The van der Waals surface area contributed by atoms with Crippen molar-refractivity contribution in [2.24, 2.45) is 11.8 Å². The number of hydrogen-bond acceptors (Lipinski definition) is 6. The molecule has 2 aromatic heterocycles. The number of benzene rings is 1. The Labute approximate surface area is 200 Å². The molecule has 2 aliphatic rings. The summed E-state index contributed by atoms with van der Waals surface area (Å²) in [6.45, 7) is 8.81. The van der Waals surface area contributed by atoms with E-state index in [2.05, 4.69) is 32.0 Å². The van der Waals surface area contributed by atoms with Crippen LogP contribution in [0.3, 0.4) is 0 Å². The van der Waals surface area contributed by atoms with Crippen LogP contribution in [0, 0.1) is 11.8 Å². The molecule has 2 N–H and O–H groups in total. The quantitative estimate of drug-likeness (QED) is 0.532. The van der Waals surface area contributed by atoms with E-state index in [4.69, 9.17) is 9.47 Å². The molecule has 180 valence electrons. The first-order chi connectivity index (χ1) is 16.6. The lowest BCUT2D eigenvalue weighted by Crippen LogP contribution is -2.46. The molecule has 1 saturated heterocycles. The molecular weight excluding hydrogens is 430 g/mol. The number of aromatic nitrogens is 2. The summed E-state index contributed by atoms with van der Waals surface area (Å²) >= 11 is 0. The summed E-state index contributed by atoms with van der Waals surface area (Å²) in [5, 5.41) is 3.97. The van der Waals surface area contributed by atoms with Crippen molar-refractivity contribution in [3.63, 3.8) is 0 Å². The fraction of sp³-hybridized carbons (Fsp3) is 0.462. The first kappa shape index (κ1) is 22.7. The number of piperazine rings is 1. The van der Waals surface area contributed by atoms with Gasteiger partial charge in [0, 0.05) is 55.8 Å². The Bertz CT molecular complexity index is 1150. The molecule has 8 heteroatoms. The molecule has 2 atom stereocenters. The number of ether oxygens (including phenoxy) is 2. The number of amides is 1.